The first kappa shape index (κ1) is 10.2. The lowest BCUT2D eigenvalue weighted by molar-refractivity contribution is 0.1000. The normalized spacial score (nSPS) is 15.1. The van der Waals surface area contributed by atoms with Crippen LogP contribution in [0.3, 0.4) is 0 Å². The number of nitrogens with two attached hydrogens (primary N) is 1. The highest BCUT2D eigenvalue weighted by atomic mass is 19.1. The summed E-state index contributed by atoms with van der Waals surface area (Å²) >= 11 is 0. The van der Waals surface area contributed by atoms with Crippen LogP contribution >= 0.6 is 0 Å². The van der Waals surface area contributed by atoms with Crippen molar-refractivity contribution in [1.82, 2.24) is 4.98 Å². The number of hydrogen-bond donors (Lipinski definition) is 1. The Morgan fingerprint density at radius 1 is 1.35 bits per heavy atom. The first-order chi connectivity index (χ1) is 8.15. The predicted octanol–water partition coefficient (Wildman–Crippen LogP) is 2.35. The molecule has 0 atom stereocenters. The molecular weight excluding hydrogens is 219 g/mol. The molecule has 0 unspecified atom stereocenters. The second-order valence-electron chi connectivity index (χ2n) is 4.43. The molecule has 1 saturated carbocycles. The van der Waals surface area contributed by atoms with Gasteiger partial charge in [0, 0.05) is 11.6 Å². The van der Waals surface area contributed by atoms with E-state index in [1.165, 1.54) is 12.3 Å². The van der Waals surface area contributed by atoms with Crippen molar-refractivity contribution < 1.29 is 9.18 Å². The molecule has 1 aliphatic rings. The molecule has 0 aliphatic heterocycles. The van der Waals surface area contributed by atoms with Crippen molar-refractivity contribution in [1.29, 1.82) is 0 Å². The Balaban J connectivity index is 2.18. The Morgan fingerprint density at radius 3 is 2.76 bits per heavy atom. The van der Waals surface area contributed by atoms with E-state index in [-0.39, 0.29) is 5.82 Å². The largest absolute Gasteiger partial charge is 0.366 e. The monoisotopic (exact) mass is 230 g/mol. The molecule has 1 amide bonds. The van der Waals surface area contributed by atoms with Gasteiger partial charge in [-0.1, -0.05) is 0 Å². The van der Waals surface area contributed by atoms with Gasteiger partial charge in [0.2, 0.25) is 5.91 Å². The van der Waals surface area contributed by atoms with Crippen LogP contribution in [0.4, 0.5) is 4.39 Å². The zero-order valence-corrected chi connectivity index (χ0v) is 9.11. The summed E-state index contributed by atoms with van der Waals surface area (Å²) in [6.45, 7) is 0. The molecule has 2 aromatic rings. The van der Waals surface area contributed by atoms with Crippen molar-refractivity contribution in [3.8, 4) is 0 Å². The standard InChI is InChI=1S/C13H11FN2O/c14-11-4-8-3-9(13(15)17)6-16-12(8)5-10(11)7-1-2-7/h3-7H,1-2H2,(H2,15,17). The fourth-order valence-corrected chi connectivity index (χ4v) is 2.01. The van der Waals surface area contributed by atoms with Gasteiger partial charge in [0.15, 0.2) is 0 Å². The van der Waals surface area contributed by atoms with E-state index in [4.69, 9.17) is 5.73 Å². The summed E-state index contributed by atoms with van der Waals surface area (Å²) in [4.78, 5) is 15.2. The highest BCUT2D eigenvalue weighted by molar-refractivity contribution is 5.96. The summed E-state index contributed by atoms with van der Waals surface area (Å²) in [5.74, 6) is -0.425. The quantitative estimate of drug-likeness (QED) is 0.860. The predicted molar refractivity (Wildman–Crippen MR) is 62.2 cm³/mol. The summed E-state index contributed by atoms with van der Waals surface area (Å²) in [6, 6.07) is 4.78. The fourth-order valence-electron chi connectivity index (χ4n) is 2.01. The number of fused-ring (bicyclic) bond motifs is 1. The van der Waals surface area contributed by atoms with Gasteiger partial charge in [0.1, 0.15) is 5.82 Å². The van der Waals surface area contributed by atoms with E-state index in [1.807, 2.05) is 0 Å². The maximum atomic E-state index is 13.8. The number of rotatable bonds is 2. The Bertz CT molecular complexity index is 620. The van der Waals surface area contributed by atoms with E-state index in [1.54, 1.807) is 12.1 Å². The van der Waals surface area contributed by atoms with Gasteiger partial charge in [-0.05, 0) is 42.5 Å². The first-order valence-electron chi connectivity index (χ1n) is 5.54. The Labute approximate surface area is 97.5 Å². The number of carbonyl (C=O) groups is 1. The van der Waals surface area contributed by atoms with E-state index < -0.39 is 5.91 Å². The van der Waals surface area contributed by atoms with Crippen LogP contribution in [0.25, 0.3) is 10.9 Å². The van der Waals surface area contributed by atoms with Gasteiger partial charge >= 0.3 is 0 Å². The number of halogens is 1. The van der Waals surface area contributed by atoms with Crippen molar-refractivity contribution in [3.63, 3.8) is 0 Å². The zero-order valence-electron chi connectivity index (χ0n) is 9.11. The van der Waals surface area contributed by atoms with Gasteiger partial charge in [-0.3, -0.25) is 9.78 Å². The molecule has 4 heteroatoms. The topological polar surface area (TPSA) is 56.0 Å². The summed E-state index contributed by atoms with van der Waals surface area (Å²) in [7, 11) is 0. The molecule has 86 valence electrons. The van der Waals surface area contributed by atoms with Crippen molar-refractivity contribution in [2.24, 2.45) is 5.73 Å². The Morgan fingerprint density at radius 2 is 2.12 bits per heavy atom. The maximum Gasteiger partial charge on any atom is 0.250 e. The van der Waals surface area contributed by atoms with E-state index in [0.29, 0.717) is 22.4 Å². The molecular formula is C13H11FN2O. The second kappa shape index (κ2) is 3.52. The highest BCUT2D eigenvalue weighted by Gasteiger charge is 2.26. The molecule has 1 aliphatic carbocycles. The highest BCUT2D eigenvalue weighted by Crippen LogP contribution is 2.42. The molecule has 1 aromatic heterocycles. The van der Waals surface area contributed by atoms with Crippen LogP contribution in [0.2, 0.25) is 0 Å². The summed E-state index contributed by atoms with van der Waals surface area (Å²) in [5, 5.41) is 0.614. The third-order valence-corrected chi connectivity index (χ3v) is 3.10. The smallest absolute Gasteiger partial charge is 0.250 e. The molecule has 17 heavy (non-hydrogen) atoms. The third-order valence-electron chi connectivity index (χ3n) is 3.10. The lowest BCUT2D eigenvalue weighted by Gasteiger charge is -2.04. The van der Waals surface area contributed by atoms with E-state index in [9.17, 15) is 9.18 Å². The van der Waals surface area contributed by atoms with Crippen LogP contribution < -0.4 is 5.73 Å². The average Bonchev–Trinajstić information content (AvgIpc) is 3.11. The molecule has 2 N–H and O–H groups in total. The summed E-state index contributed by atoms with van der Waals surface area (Å²) in [6.07, 6.45) is 3.52. The number of nitrogens with zero attached hydrogens (tertiary/aromatic N) is 1. The molecule has 1 aromatic carbocycles. The number of primary amides is 1. The fraction of sp³-hybridized carbons (Fsp3) is 0.231. The van der Waals surface area contributed by atoms with Crippen LogP contribution in [0.5, 0.6) is 0 Å². The van der Waals surface area contributed by atoms with Crippen LogP contribution in [-0.4, -0.2) is 10.9 Å². The Kier molecular flexibility index (Phi) is 2.11. The van der Waals surface area contributed by atoms with E-state index in [0.717, 1.165) is 18.4 Å². The van der Waals surface area contributed by atoms with Gasteiger partial charge in [-0.25, -0.2) is 4.39 Å². The number of benzene rings is 1. The van der Waals surface area contributed by atoms with Gasteiger partial charge in [-0.15, -0.1) is 0 Å². The van der Waals surface area contributed by atoms with E-state index in [2.05, 4.69) is 4.98 Å². The summed E-state index contributed by atoms with van der Waals surface area (Å²) in [5.41, 5.74) is 6.90. The number of pyridine rings is 1. The second-order valence-corrected chi connectivity index (χ2v) is 4.43. The van der Waals surface area contributed by atoms with Crippen LogP contribution in [-0.2, 0) is 0 Å². The zero-order chi connectivity index (χ0) is 12.0. The molecule has 0 spiro atoms. The molecule has 0 radical (unpaired) electrons. The van der Waals surface area contributed by atoms with Crippen molar-refractivity contribution >= 4 is 16.8 Å². The molecule has 0 bridgehead atoms. The minimum Gasteiger partial charge on any atom is -0.366 e. The van der Waals surface area contributed by atoms with Gasteiger partial charge in [-0.2, -0.15) is 0 Å². The van der Waals surface area contributed by atoms with Crippen molar-refractivity contribution in [3.05, 3.63) is 41.3 Å². The Hall–Kier alpha value is -1.97. The molecule has 3 rings (SSSR count). The van der Waals surface area contributed by atoms with Gasteiger partial charge < -0.3 is 5.73 Å². The van der Waals surface area contributed by atoms with E-state index >= 15 is 0 Å². The first-order valence-corrected chi connectivity index (χ1v) is 5.54. The number of amides is 1. The van der Waals surface area contributed by atoms with Crippen molar-refractivity contribution in [2.75, 3.05) is 0 Å². The van der Waals surface area contributed by atoms with Gasteiger partial charge in [0.25, 0.3) is 0 Å². The number of aromatic nitrogens is 1. The maximum absolute atomic E-state index is 13.8. The lowest BCUT2D eigenvalue weighted by Crippen LogP contribution is -2.11. The van der Waals surface area contributed by atoms with Crippen LogP contribution in [0, 0.1) is 5.82 Å². The summed E-state index contributed by atoms with van der Waals surface area (Å²) < 4.78 is 13.8. The third kappa shape index (κ3) is 1.75. The number of hydrogen-bond acceptors (Lipinski definition) is 2. The van der Waals surface area contributed by atoms with Crippen LogP contribution in [0.1, 0.15) is 34.7 Å². The minimum absolute atomic E-state index is 0.219. The minimum atomic E-state index is -0.550. The molecule has 3 nitrogen and oxygen atoms in total. The molecule has 1 fully saturated rings. The number of carbonyl (C=O) groups excluding carboxylic acids is 1. The molecule has 0 saturated heterocycles. The average molecular weight is 230 g/mol. The van der Waals surface area contributed by atoms with Gasteiger partial charge in [0.05, 0.1) is 11.1 Å². The molecule has 1 heterocycles. The van der Waals surface area contributed by atoms with Crippen LogP contribution in [0.15, 0.2) is 24.4 Å². The van der Waals surface area contributed by atoms with Crippen molar-refractivity contribution in [2.45, 2.75) is 18.8 Å². The lowest BCUT2D eigenvalue weighted by atomic mass is 10.1. The SMILES string of the molecule is NC(=O)c1cnc2cc(C3CC3)c(F)cc2c1.